The number of likely N-dealkylation sites (N-methyl/N-ethyl adjacent to an activating group) is 2. The zero-order valence-electron chi connectivity index (χ0n) is 14.6. The van der Waals surface area contributed by atoms with Crippen LogP contribution in [0, 0.1) is 5.92 Å². The van der Waals surface area contributed by atoms with Crippen molar-refractivity contribution in [2.45, 2.75) is 19.4 Å². The summed E-state index contributed by atoms with van der Waals surface area (Å²) in [5.41, 5.74) is 0. The van der Waals surface area contributed by atoms with Crippen LogP contribution in [0.25, 0.3) is 0 Å². The van der Waals surface area contributed by atoms with Gasteiger partial charge in [0.2, 0.25) is 0 Å². The Labute approximate surface area is 136 Å². The van der Waals surface area contributed by atoms with Crippen molar-refractivity contribution in [3.05, 3.63) is 0 Å². The molecule has 3 heterocycles. The van der Waals surface area contributed by atoms with E-state index in [1.165, 1.54) is 85.0 Å². The number of nitrogens with zero attached hydrogens (tertiary/aromatic N) is 4. The second kappa shape index (κ2) is 8.06. The SMILES string of the molecule is CCN1CCN(CC2CCNCC2N2CCN(C)CC2)CC1. The monoisotopic (exact) mass is 309 g/mol. The fraction of sp³-hybridized carbons (Fsp3) is 1.00. The molecule has 0 saturated carbocycles. The highest BCUT2D eigenvalue weighted by Gasteiger charge is 2.33. The van der Waals surface area contributed by atoms with Crippen molar-refractivity contribution in [2.24, 2.45) is 5.92 Å². The van der Waals surface area contributed by atoms with Gasteiger partial charge in [-0.25, -0.2) is 0 Å². The summed E-state index contributed by atoms with van der Waals surface area (Å²) in [4.78, 5) is 10.5. The third kappa shape index (κ3) is 4.20. The Hall–Kier alpha value is -0.200. The van der Waals surface area contributed by atoms with E-state index in [0.29, 0.717) is 0 Å². The molecule has 0 radical (unpaired) electrons. The van der Waals surface area contributed by atoms with Crippen LogP contribution in [-0.4, -0.2) is 111 Å². The van der Waals surface area contributed by atoms with Gasteiger partial charge in [-0.05, 0) is 32.5 Å². The van der Waals surface area contributed by atoms with E-state index in [-0.39, 0.29) is 0 Å². The first-order chi connectivity index (χ1) is 10.8. The molecule has 1 N–H and O–H groups in total. The lowest BCUT2D eigenvalue weighted by molar-refractivity contribution is 0.0400. The van der Waals surface area contributed by atoms with Gasteiger partial charge in [-0.3, -0.25) is 4.90 Å². The van der Waals surface area contributed by atoms with Crippen molar-refractivity contribution in [1.29, 1.82) is 0 Å². The van der Waals surface area contributed by atoms with Crippen molar-refractivity contribution in [2.75, 3.05) is 85.6 Å². The summed E-state index contributed by atoms with van der Waals surface area (Å²) in [6.07, 6.45) is 1.35. The minimum Gasteiger partial charge on any atom is -0.315 e. The van der Waals surface area contributed by atoms with Gasteiger partial charge in [0.25, 0.3) is 0 Å². The minimum atomic E-state index is 0.756. The molecule has 0 aliphatic carbocycles. The Balaban J connectivity index is 1.52. The highest BCUT2D eigenvalue weighted by atomic mass is 15.3. The number of hydrogen-bond acceptors (Lipinski definition) is 5. The first-order valence-electron chi connectivity index (χ1n) is 9.34. The maximum atomic E-state index is 3.64. The van der Waals surface area contributed by atoms with Gasteiger partial charge in [-0.2, -0.15) is 0 Å². The van der Waals surface area contributed by atoms with Crippen LogP contribution >= 0.6 is 0 Å². The normalized spacial score (nSPS) is 34.1. The molecule has 0 spiro atoms. The summed E-state index contributed by atoms with van der Waals surface area (Å²) in [6.45, 7) is 17.3. The molecule has 0 aromatic rings. The van der Waals surface area contributed by atoms with Gasteiger partial charge in [-0.15, -0.1) is 0 Å². The summed E-state index contributed by atoms with van der Waals surface area (Å²) in [7, 11) is 2.25. The van der Waals surface area contributed by atoms with Gasteiger partial charge < -0.3 is 20.0 Å². The summed E-state index contributed by atoms with van der Waals surface area (Å²) in [6, 6.07) is 0.756. The Bertz CT molecular complexity index is 321. The number of rotatable bonds is 4. The lowest BCUT2D eigenvalue weighted by Crippen LogP contribution is -2.59. The molecule has 5 heteroatoms. The van der Waals surface area contributed by atoms with Gasteiger partial charge in [0.05, 0.1) is 0 Å². The number of piperazine rings is 2. The van der Waals surface area contributed by atoms with E-state index in [2.05, 4.69) is 38.9 Å². The molecule has 0 bridgehead atoms. The molecule has 0 amide bonds. The quantitative estimate of drug-likeness (QED) is 0.779. The smallest absolute Gasteiger partial charge is 0.0262 e. The lowest BCUT2D eigenvalue weighted by Gasteiger charge is -2.46. The Morgan fingerprint density at radius 2 is 1.59 bits per heavy atom. The van der Waals surface area contributed by atoms with Gasteiger partial charge in [0, 0.05) is 71.5 Å². The lowest BCUT2D eigenvalue weighted by atomic mass is 9.90. The standard InChI is InChI=1S/C17H35N5/c1-3-20-8-10-21(11-9-20)15-16-4-5-18-14-17(16)22-12-6-19(2)7-13-22/h16-18H,3-15H2,1-2H3. The molecule has 128 valence electrons. The molecule has 22 heavy (non-hydrogen) atoms. The minimum absolute atomic E-state index is 0.756. The van der Waals surface area contributed by atoms with Crippen LogP contribution in [0.2, 0.25) is 0 Å². The Morgan fingerprint density at radius 3 is 2.27 bits per heavy atom. The van der Waals surface area contributed by atoms with E-state index in [4.69, 9.17) is 0 Å². The van der Waals surface area contributed by atoms with Gasteiger partial charge in [0.15, 0.2) is 0 Å². The van der Waals surface area contributed by atoms with Crippen molar-refractivity contribution in [1.82, 2.24) is 24.9 Å². The van der Waals surface area contributed by atoms with Gasteiger partial charge >= 0.3 is 0 Å². The second-order valence-corrected chi connectivity index (χ2v) is 7.39. The van der Waals surface area contributed by atoms with Crippen LogP contribution < -0.4 is 5.32 Å². The largest absolute Gasteiger partial charge is 0.315 e. The predicted octanol–water partition coefficient (Wildman–Crippen LogP) is -0.151. The highest BCUT2D eigenvalue weighted by Crippen LogP contribution is 2.21. The van der Waals surface area contributed by atoms with Crippen molar-refractivity contribution >= 4 is 0 Å². The van der Waals surface area contributed by atoms with E-state index in [9.17, 15) is 0 Å². The second-order valence-electron chi connectivity index (χ2n) is 7.39. The molecule has 0 aromatic carbocycles. The fourth-order valence-electron chi connectivity index (χ4n) is 4.31. The maximum Gasteiger partial charge on any atom is 0.0262 e. The number of hydrogen-bond donors (Lipinski definition) is 1. The molecular weight excluding hydrogens is 274 g/mol. The molecule has 3 saturated heterocycles. The van der Waals surface area contributed by atoms with Crippen LogP contribution in [0.3, 0.4) is 0 Å². The van der Waals surface area contributed by atoms with Crippen molar-refractivity contribution < 1.29 is 0 Å². The molecule has 3 fully saturated rings. The average molecular weight is 310 g/mol. The van der Waals surface area contributed by atoms with Crippen LogP contribution in [0.1, 0.15) is 13.3 Å². The van der Waals surface area contributed by atoms with Crippen molar-refractivity contribution in [3.8, 4) is 0 Å². The molecule has 5 nitrogen and oxygen atoms in total. The Kier molecular flexibility index (Phi) is 6.10. The first-order valence-corrected chi connectivity index (χ1v) is 9.34. The third-order valence-electron chi connectivity index (χ3n) is 6.00. The van der Waals surface area contributed by atoms with Crippen LogP contribution in [0.4, 0.5) is 0 Å². The molecule has 2 unspecified atom stereocenters. The molecule has 0 aromatic heterocycles. The molecule has 3 aliphatic rings. The summed E-state index contributed by atoms with van der Waals surface area (Å²) >= 11 is 0. The van der Waals surface area contributed by atoms with Gasteiger partial charge in [-0.1, -0.05) is 6.92 Å². The fourth-order valence-corrected chi connectivity index (χ4v) is 4.31. The Morgan fingerprint density at radius 1 is 0.909 bits per heavy atom. The van der Waals surface area contributed by atoms with E-state index in [1.807, 2.05) is 0 Å². The highest BCUT2D eigenvalue weighted by molar-refractivity contribution is 4.90. The van der Waals surface area contributed by atoms with E-state index in [1.54, 1.807) is 0 Å². The average Bonchev–Trinajstić information content (AvgIpc) is 2.57. The molecular formula is C17H35N5. The first kappa shape index (κ1) is 16.7. The number of nitrogens with one attached hydrogen (secondary N) is 1. The summed E-state index contributed by atoms with van der Waals surface area (Å²) in [5, 5.41) is 3.64. The molecule has 3 aliphatic heterocycles. The summed E-state index contributed by atoms with van der Waals surface area (Å²) < 4.78 is 0. The van der Waals surface area contributed by atoms with E-state index >= 15 is 0 Å². The predicted molar refractivity (Wildman–Crippen MR) is 92.4 cm³/mol. The number of piperidine rings is 1. The van der Waals surface area contributed by atoms with Crippen LogP contribution in [0.5, 0.6) is 0 Å². The zero-order chi connectivity index (χ0) is 15.4. The van der Waals surface area contributed by atoms with Crippen molar-refractivity contribution in [3.63, 3.8) is 0 Å². The summed E-state index contributed by atoms with van der Waals surface area (Å²) in [5.74, 6) is 0.859. The third-order valence-corrected chi connectivity index (χ3v) is 6.00. The van der Waals surface area contributed by atoms with Gasteiger partial charge in [0.1, 0.15) is 0 Å². The van der Waals surface area contributed by atoms with E-state index < -0.39 is 0 Å². The maximum absolute atomic E-state index is 3.64. The van der Waals surface area contributed by atoms with E-state index in [0.717, 1.165) is 12.0 Å². The molecule has 3 rings (SSSR count). The zero-order valence-corrected chi connectivity index (χ0v) is 14.6. The van der Waals surface area contributed by atoms with Crippen LogP contribution in [-0.2, 0) is 0 Å². The topological polar surface area (TPSA) is 25.0 Å². The van der Waals surface area contributed by atoms with Crippen LogP contribution in [0.15, 0.2) is 0 Å². The molecule has 2 atom stereocenters.